The maximum atomic E-state index is 12.2. The minimum Gasteiger partial charge on any atom is -0.396 e. The molecule has 1 amide bonds. The van der Waals surface area contributed by atoms with Gasteiger partial charge < -0.3 is 10.4 Å². The highest BCUT2D eigenvalue weighted by molar-refractivity contribution is 5.85. The molecule has 3 nitrogen and oxygen atoms in total. The Labute approximate surface area is 138 Å². The largest absolute Gasteiger partial charge is 0.396 e. The molecule has 23 heavy (non-hydrogen) atoms. The Kier molecular flexibility index (Phi) is 6.60. The molecule has 0 bridgehead atoms. The Hall–Kier alpha value is -1.87. The first-order chi connectivity index (χ1) is 11.1. The molecule has 124 valence electrons. The van der Waals surface area contributed by atoms with Gasteiger partial charge in [0.1, 0.15) is 0 Å². The number of hydrogen-bond donors (Lipinski definition) is 2. The SMILES string of the molecule is CC(C)CC(CCO)CNC(=O)Cc1ccc2ccccc2c1. The number of nitrogens with one attached hydrogen (secondary N) is 1. The van der Waals surface area contributed by atoms with Gasteiger partial charge in [0, 0.05) is 13.2 Å². The van der Waals surface area contributed by atoms with E-state index in [0.29, 0.717) is 24.8 Å². The summed E-state index contributed by atoms with van der Waals surface area (Å²) in [5.41, 5.74) is 1.03. The maximum Gasteiger partial charge on any atom is 0.224 e. The fourth-order valence-corrected chi connectivity index (χ4v) is 3.01. The minimum absolute atomic E-state index is 0.0481. The van der Waals surface area contributed by atoms with Crippen molar-refractivity contribution in [3.8, 4) is 0 Å². The molecule has 0 aliphatic heterocycles. The third kappa shape index (κ3) is 5.68. The number of hydrogen-bond acceptors (Lipinski definition) is 2. The van der Waals surface area contributed by atoms with Crippen molar-refractivity contribution in [3.63, 3.8) is 0 Å². The van der Waals surface area contributed by atoms with Crippen LogP contribution in [0.4, 0.5) is 0 Å². The lowest BCUT2D eigenvalue weighted by Gasteiger charge is -2.18. The van der Waals surface area contributed by atoms with E-state index < -0.39 is 0 Å². The summed E-state index contributed by atoms with van der Waals surface area (Å²) >= 11 is 0. The van der Waals surface area contributed by atoms with Crippen molar-refractivity contribution in [1.29, 1.82) is 0 Å². The molecule has 0 fully saturated rings. The molecule has 2 aromatic carbocycles. The molecule has 0 heterocycles. The highest BCUT2D eigenvalue weighted by atomic mass is 16.3. The Bertz CT molecular complexity index is 636. The topological polar surface area (TPSA) is 49.3 Å². The van der Waals surface area contributed by atoms with Crippen LogP contribution in [-0.4, -0.2) is 24.2 Å². The summed E-state index contributed by atoms with van der Waals surface area (Å²) in [5, 5.41) is 14.5. The van der Waals surface area contributed by atoms with Gasteiger partial charge in [-0.25, -0.2) is 0 Å². The first-order valence-electron chi connectivity index (χ1n) is 8.43. The van der Waals surface area contributed by atoms with Crippen molar-refractivity contribution in [2.75, 3.05) is 13.2 Å². The van der Waals surface area contributed by atoms with Gasteiger partial charge in [0.25, 0.3) is 0 Å². The van der Waals surface area contributed by atoms with Gasteiger partial charge in [-0.1, -0.05) is 56.3 Å². The molecule has 2 N–H and O–H groups in total. The quantitative estimate of drug-likeness (QED) is 0.783. The lowest BCUT2D eigenvalue weighted by atomic mass is 9.94. The van der Waals surface area contributed by atoms with Crippen molar-refractivity contribution in [2.45, 2.75) is 33.1 Å². The van der Waals surface area contributed by atoms with Crippen LogP contribution in [0.1, 0.15) is 32.3 Å². The van der Waals surface area contributed by atoms with Crippen LogP contribution in [0.2, 0.25) is 0 Å². The van der Waals surface area contributed by atoms with E-state index in [1.54, 1.807) is 0 Å². The number of carbonyl (C=O) groups is 1. The van der Waals surface area contributed by atoms with E-state index >= 15 is 0 Å². The smallest absolute Gasteiger partial charge is 0.224 e. The molecule has 1 unspecified atom stereocenters. The third-order valence-electron chi connectivity index (χ3n) is 4.11. The van der Waals surface area contributed by atoms with Crippen molar-refractivity contribution >= 4 is 16.7 Å². The molecule has 0 spiro atoms. The Morgan fingerprint density at radius 1 is 1.13 bits per heavy atom. The van der Waals surface area contributed by atoms with E-state index in [0.717, 1.165) is 23.8 Å². The maximum absolute atomic E-state index is 12.2. The average Bonchev–Trinajstić information content (AvgIpc) is 2.52. The first kappa shape index (κ1) is 17.5. The van der Waals surface area contributed by atoms with Gasteiger partial charge in [-0.2, -0.15) is 0 Å². The molecule has 0 saturated carbocycles. The summed E-state index contributed by atoms with van der Waals surface area (Å²) in [5.74, 6) is 0.969. The molecular formula is C20H27NO2. The van der Waals surface area contributed by atoms with Crippen LogP contribution in [0.3, 0.4) is 0 Å². The molecule has 2 aromatic rings. The minimum atomic E-state index is 0.0481. The van der Waals surface area contributed by atoms with Gasteiger partial charge in [-0.05, 0) is 41.0 Å². The zero-order chi connectivity index (χ0) is 16.7. The summed E-state index contributed by atoms with van der Waals surface area (Å²) in [4.78, 5) is 12.2. The van der Waals surface area contributed by atoms with Crippen LogP contribution >= 0.6 is 0 Å². The van der Waals surface area contributed by atoms with Crippen molar-refractivity contribution in [2.24, 2.45) is 11.8 Å². The van der Waals surface area contributed by atoms with Crippen molar-refractivity contribution < 1.29 is 9.90 Å². The van der Waals surface area contributed by atoms with Gasteiger partial charge in [-0.3, -0.25) is 4.79 Å². The Morgan fingerprint density at radius 3 is 2.57 bits per heavy atom. The van der Waals surface area contributed by atoms with Crippen LogP contribution in [0.5, 0.6) is 0 Å². The van der Waals surface area contributed by atoms with Gasteiger partial charge in [0.05, 0.1) is 6.42 Å². The van der Waals surface area contributed by atoms with E-state index in [4.69, 9.17) is 5.11 Å². The van der Waals surface area contributed by atoms with Crippen molar-refractivity contribution in [1.82, 2.24) is 5.32 Å². The van der Waals surface area contributed by atoms with Gasteiger partial charge in [-0.15, -0.1) is 0 Å². The van der Waals surface area contributed by atoms with Crippen LogP contribution in [-0.2, 0) is 11.2 Å². The molecule has 0 aliphatic carbocycles. The summed E-state index contributed by atoms with van der Waals surface area (Å²) in [6.45, 7) is 5.16. The van der Waals surface area contributed by atoms with Crippen LogP contribution in [0.15, 0.2) is 42.5 Å². The van der Waals surface area contributed by atoms with Crippen LogP contribution in [0.25, 0.3) is 10.8 Å². The normalized spacial score (nSPS) is 12.5. The summed E-state index contributed by atoms with van der Waals surface area (Å²) in [6, 6.07) is 14.3. The zero-order valence-corrected chi connectivity index (χ0v) is 14.1. The molecule has 1 atom stereocenters. The number of aliphatic hydroxyl groups excluding tert-OH is 1. The van der Waals surface area contributed by atoms with Crippen molar-refractivity contribution in [3.05, 3.63) is 48.0 Å². The number of benzene rings is 2. The van der Waals surface area contributed by atoms with E-state index in [1.807, 2.05) is 18.2 Å². The summed E-state index contributed by atoms with van der Waals surface area (Å²) in [7, 11) is 0. The Morgan fingerprint density at radius 2 is 1.87 bits per heavy atom. The first-order valence-corrected chi connectivity index (χ1v) is 8.43. The molecular weight excluding hydrogens is 286 g/mol. The van der Waals surface area contributed by atoms with E-state index in [2.05, 4.69) is 43.4 Å². The second kappa shape index (κ2) is 8.68. The Balaban J connectivity index is 1.89. The van der Waals surface area contributed by atoms with Crippen LogP contribution < -0.4 is 5.32 Å². The second-order valence-corrected chi connectivity index (χ2v) is 6.67. The number of rotatable bonds is 8. The number of amides is 1. The summed E-state index contributed by atoms with van der Waals surface area (Å²) in [6.07, 6.45) is 2.17. The highest BCUT2D eigenvalue weighted by Gasteiger charge is 2.12. The fourth-order valence-electron chi connectivity index (χ4n) is 3.01. The molecule has 3 heteroatoms. The van der Waals surface area contributed by atoms with E-state index in [9.17, 15) is 4.79 Å². The fraction of sp³-hybridized carbons (Fsp3) is 0.450. The highest BCUT2D eigenvalue weighted by Crippen LogP contribution is 2.17. The lowest BCUT2D eigenvalue weighted by molar-refractivity contribution is -0.120. The monoisotopic (exact) mass is 313 g/mol. The predicted molar refractivity (Wildman–Crippen MR) is 95.3 cm³/mol. The second-order valence-electron chi connectivity index (χ2n) is 6.67. The predicted octanol–water partition coefficient (Wildman–Crippen LogP) is 3.54. The molecule has 0 aromatic heterocycles. The number of carbonyl (C=O) groups excluding carboxylic acids is 1. The van der Waals surface area contributed by atoms with Gasteiger partial charge >= 0.3 is 0 Å². The molecule has 0 aliphatic rings. The molecule has 0 saturated heterocycles. The van der Waals surface area contributed by atoms with E-state index in [1.165, 1.54) is 5.39 Å². The zero-order valence-electron chi connectivity index (χ0n) is 14.1. The lowest BCUT2D eigenvalue weighted by Crippen LogP contribution is -2.31. The standard InChI is InChI=1S/C20H27NO2/c1-15(2)11-17(9-10-22)14-21-20(23)13-16-7-8-18-5-3-4-6-19(18)12-16/h3-8,12,15,17,22H,9-11,13-14H2,1-2H3,(H,21,23). The number of aliphatic hydroxyl groups is 1. The third-order valence-corrected chi connectivity index (χ3v) is 4.11. The van der Waals surface area contributed by atoms with Crippen LogP contribution in [0, 0.1) is 11.8 Å². The number of fused-ring (bicyclic) bond motifs is 1. The van der Waals surface area contributed by atoms with E-state index in [-0.39, 0.29) is 12.5 Å². The molecule has 0 radical (unpaired) electrons. The van der Waals surface area contributed by atoms with Gasteiger partial charge in [0.15, 0.2) is 0 Å². The van der Waals surface area contributed by atoms with Gasteiger partial charge in [0.2, 0.25) is 5.91 Å². The average molecular weight is 313 g/mol. The molecule has 2 rings (SSSR count). The summed E-state index contributed by atoms with van der Waals surface area (Å²) < 4.78 is 0.